The van der Waals surface area contributed by atoms with Crippen LogP contribution in [0.4, 0.5) is 0 Å². The van der Waals surface area contributed by atoms with E-state index in [1.54, 1.807) is 0 Å². The summed E-state index contributed by atoms with van der Waals surface area (Å²) in [6.45, 7) is 5.08. The van der Waals surface area contributed by atoms with Crippen LogP contribution in [-0.4, -0.2) is 96.7 Å². The third-order valence-corrected chi connectivity index (χ3v) is 22.8. The predicted molar refractivity (Wildman–Crippen MR) is 442 cm³/mol. The summed E-state index contributed by atoms with van der Waals surface area (Å²) in [5.74, 6) is -2.09. The van der Waals surface area contributed by atoms with E-state index in [1.807, 2.05) is 0 Å². The van der Waals surface area contributed by atoms with Crippen LogP contribution in [0.5, 0.6) is 0 Å². The molecule has 0 rings (SSSR count). The number of hydrogen-bond donors (Lipinski definition) is 3. The Morgan fingerprint density at radius 1 is 0.224 bits per heavy atom. The van der Waals surface area contributed by atoms with Gasteiger partial charge in [-0.25, -0.2) is 9.13 Å². The molecule has 0 spiro atoms. The minimum absolute atomic E-state index is 0.109. The van der Waals surface area contributed by atoms with E-state index in [4.69, 9.17) is 37.0 Å². The van der Waals surface area contributed by atoms with Gasteiger partial charge in [0.05, 0.1) is 26.4 Å². The second-order valence-electron chi connectivity index (χ2n) is 31.6. The van der Waals surface area contributed by atoms with Crippen LogP contribution in [0.3, 0.4) is 0 Å². The van der Waals surface area contributed by atoms with Crippen molar-refractivity contribution < 1.29 is 80.2 Å². The lowest BCUT2D eigenvalue weighted by molar-refractivity contribution is -0.161. The first-order valence-electron chi connectivity index (χ1n) is 45.8. The van der Waals surface area contributed by atoms with E-state index in [1.165, 1.54) is 315 Å². The smallest absolute Gasteiger partial charge is 0.462 e. The molecule has 3 N–H and O–H groups in total. The molecule has 0 amide bonds. The molecule has 0 bridgehead atoms. The standard InChI is InChI=1S/C88H172O17P2/c1-5-9-13-17-21-25-29-33-36-39-41-42-44-47-51-55-59-63-67-71-75-88(93)105-84(79-99-86(91)73-69-65-61-57-53-49-46-43-40-37-34-30-26-22-18-14-10-6-2)81-103-107(96,97)101-77-82(89)76-100-106(94,95)102-80-83(78-98-85(90)72-68-64-60-56-52-48-32-28-24-20-16-12-8-4)104-87(92)74-70-66-62-58-54-50-45-38-35-31-27-23-19-15-11-7-3/h82-84,89H,5-81H2,1-4H3,(H,94,95)(H,96,97)/t82-,83+,84+/m0/s1. The Kier molecular flexibility index (Phi) is 80.6. The van der Waals surface area contributed by atoms with Crippen molar-refractivity contribution in [1.82, 2.24) is 0 Å². The molecule has 17 nitrogen and oxygen atoms in total. The first-order chi connectivity index (χ1) is 52.2. The molecule has 107 heavy (non-hydrogen) atoms. The largest absolute Gasteiger partial charge is 0.472 e. The van der Waals surface area contributed by atoms with Crippen molar-refractivity contribution in [3.63, 3.8) is 0 Å². The van der Waals surface area contributed by atoms with Gasteiger partial charge >= 0.3 is 39.5 Å². The molecule has 636 valence electrons. The van der Waals surface area contributed by atoms with Gasteiger partial charge in [0.2, 0.25) is 0 Å². The molecular weight excluding hydrogens is 1390 g/mol. The molecule has 0 aromatic carbocycles. The van der Waals surface area contributed by atoms with Crippen LogP contribution >= 0.6 is 15.6 Å². The summed E-state index contributed by atoms with van der Waals surface area (Å²) in [5.41, 5.74) is 0. The summed E-state index contributed by atoms with van der Waals surface area (Å²) in [6, 6.07) is 0. The number of esters is 4. The van der Waals surface area contributed by atoms with Crippen LogP contribution in [-0.2, 0) is 65.4 Å². The highest BCUT2D eigenvalue weighted by Crippen LogP contribution is 2.45. The molecule has 0 aliphatic carbocycles. The quantitative estimate of drug-likeness (QED) is 0.0222. The van der Waals surface area contributed by atoms with E-state index >= 15 is 0 Å². The van der Waals surface area contributed by atoms with E-state index in [-0.39, 0.29) is 25.7 Å². The molecule has 0 saturated heterocycles. The third-order valence-electron chi connectivity index (χ3n) is 20.9. The minimum atomic E-state index is -4.97. The summed E-state index contributed by atoms with van der Waals surface area (Å²) < 4.78 is 69.0. The van der Waals surface area contributed by atoms with Gasteiger partial charge in [0, 0.05) is 25.7 Å². The molecule has 0 fully saturated rings. The lowest BCUT2D eigenvalue weighted by atomic mass is 10.0. The van der Waals surface area contributed by atoms with Gasteiger partial charge in [-0.15, -0.1) is 0 Å². The van der Waals surface area contributed by atoms with Crippen LogP contribution in [0.2, 0.25) is 0 Å². The number of unbranched alkanes of at least 4 members (excludes halogenated alkanes) is 63. The number of phosphoric ester groups is 2. The maximum Gasteiger partial charge on any atom is 0.472 e. The first-order valence-corrected chi connectivity index (χ1v) is 48.8. The molecular formula is C88H172O17P2. The topological polar surface area (TPSA) is 237 Å². The Bertz CT molecular complexity index is 2020. The highest BCUT2D eigenvalue weighted by atomic mass is 31.2. The van der Waals surface area contributed by atoms with Crippen LogP contribution < -0.4 is 0 Å². The lowest BCUT2D eigenvalue weighted by Gasteiger charge is -2.21. The van der Waals surface area contributed by atoms with Crippen molar-refractivity contribution in [2.45, 2.75) is 502 Å². The number of ether oxygens (including phenoxy) is 4. The molecule has 0 aromatic rings. The van der Waals surface area contributed by atoms with E-state index < -0.39 is 97.5 Å². The monoisotopic (exact) mass is 1560 g/mol. The van der Waals surface area contributed by atoms with E-state index in [9.17, 15) is 43.2 Å². The van der Waals surface area contributed by atoms with Crippen molar-refractivity contribution in [2.24, 2.45) is 0 Å². The number of phosphoric acid groups is 2. The van der Waals surface area contributed by atoms with E-state index in [0.717, 1.165) is 89.9 Å². The molecule has 19 heteroatoms. The highest BCUT2D eigenvalue weighted by Gasteiger charge is 2.30. The predicted octanol–water partition coefficient (Wildman–Crippen LogP) is 27.3. The fraction of sp³-hybridized carbons (Fsp3) is 0.955. The molecule has 0 aliphatic rings. The molecule has 0 saturated carbocycles. The number of rotatable bonds is 89. The minimum Gasteiger partial charge on any atom is -0.462 e. The first kappa shape index (κ1) is 105. The van der Waals surface area contributed by atoms with Gasteiger partial charge in [0.25, 0.3) is 0 Å². The van der Waals surface area contributed by atoms with Gasteiger partial charge in [-0.05, 0) is 25.7 Å². The zero-order valence-corrected chi connectivity index (χ0v) is 71.9. The Hall–Kier alpha value is -1.94. The second kappa shape index (κ2) is 82.1. The highest BCUT2D eigenvalue weighted by molar-refractivity contribution is 7.47. The van der Waals surface area contributed by atoms with Gasteiger partial charge in [-0.1, -0.05) is 432 Å². The van der Waals surface area contributed by atoms with Gasteiger partial charge < -0.3 is 33.8 Å². The normalized spacial score (nSPS) is 13.7. The number of carbonyl (C=O) groups excluding carboxylic acids is 4. The van der Waals surface area contributed by atoms with Crippen LogP contribution in [0.25, 0.3) is 0 Å². The number of hydrogen-bond acceptors (Lipinski definition) is 15. The summed E-state index contributed by atoms with van der Waals surface area (Å²) in [5, 5.41) is 10.7. The molecule has 0 radical (unpaired) electrons. The molecule has 0 heterocycles. The Morgan fingerprint density at radius 3 is 0.551 bits per heavy atom. The Labute approximate surface area is 658 Å². The van der Waals surface area contributed by atoms with Crippen molar-refractivity contribution in [3.8, 4) is 0 Å². The van der Waals surface area contributed by atoms with E-state index in [0.29, 0.717) is 25.7 Å². The average Bonchev–Trinajstić information content (AvgIpc) is 0.901. The Balaban J connectivity index is 5.26. The maximum atomic E-state index is 13.2. The third kappa shape index (κ3) is 81.9. The zero-order valence-electron chi connectivity index (χ0n) is 70.1. The number of aliphatic hydroxyl groups is 1. The van der Waals surface area contributed by atoms with Crippen LogP contribution in [0, 0.1) is 0 Å². The van der Waals surface area contributed by atoms with Crippen molar-refractivity contribution in [2.75, 3.05) is 39.6 Å². The van der Waals surface area contributed by atoms with Crippen LogP contribution in [0.1, 0.15) is 484 Å². The average molecular weight is 1560 g/mol. The van der Waals surface area contributed by atoms with Gasteiger partial charge in [-0.3, -0.25) is 37.3 Å². The van der Waals surface area contributed by atoms with Gasteiger partial charge in [0.1, 0.15) is 19.3 Å². The van der Waals surface area contributed by atoms with Crippen molar-refractivity contribution >= 4 is 39.5 Å². The SMILES string of the molecule is CCCCCCCCCCCCCCCCCCCCCCC(=O)O[C@H](COC(=O)CCCCCCCCCCCCCCCCCCCC)COP(=O)(O)OC[C@@H](O)COP(=O)(O)OC[C@@H](COC(=O)CCCCCCCCCCCCCCC)OC(=O)CCCCCCCCCCCCCCCCCC. The summed E-state index contributed by atoms with van der Waals surface area (Å²) in [7, 11) is -9.93. The molecule has 0 aromatic heterocycles. The Morgan fingerprint density at radius 2 is 0.374 bits per heavy atom. The second-order valence-corrected chi connectivity index (χ2v) is 34.5. The lowest BCUT2D eigenvalue weighted by Crippen LogP contribution is -2.30. The summed E-state index contributed by atoms with van der Waals surface area (Å²) in [4.78, 5) is 73.3. The molecule has 2 unspecified atom stereocenters. The fourth-order valence-electron chi connectivity index (χ4n) is 13.9. The maximum absolute atomic E-state index is 13.2. The van der Waals surface area contributed by atoms with Crippen LogP contribution in [0.15, 0.2) is 0 Å². The van der Waals surface area contributed by atoms with Gasteiger partial charge in [0.15, 0.2) is 12.2 Å². The summed E-state index contributed by atoms with van der Waals surface area (Å²) in [6.07, 6.45) is 77.7. The number of aliphatic hydroxyl groups excluding tert-OH is 1. The van der Waals surface area contributed by atoms with Gasteiger partial charge in [-0.2, -0.15) is 0 Å². The fourth-order valence-corrected chi connectivity index (χ4v) is 15.5. The zero-order chi connectivity index (χ0) is 78.1. The van der Waals surface area contributed by atoms with Crippen molar-refractivity contribution in [3.05, 3.63) is 0 Å². The molecule has 0 aliphatic heterocycles. The summed E-state index contributed by atoms with van der Waals surface area (Å²) >= 11 is 0. The van der Waals surface area contributed by atoms with E-state index in [2.05, 4.69) is 27.7 Å². The van der Waals surface area contributed by atoms with Crippen molar-refractivity contribution in [1.29, 1.82) is 0 Å². The molecule has 5 atom stereocenters. The number of carbonyl (C=O) groups is 4.